The molecule has 1 spiro atoms. The van der Waals surface area contributed by atoms with Crippen LogP contribution in [0.3, 0.4) is 0 Å². The van der Waals surface area contributed by atoms with Gasteiger partial charge in [0.2, 0.25) is 0 Å². The zero-order valence-corrected chi connectivity index (χ0v) is 16.5. The average molecular weight is 402 g/mol. The maximum atomic E-state index is 13.4. The van der Waals surface area contributed by atoms with Gasteiger partial charge in [-0.3, -0.25) is 14.6 Å². The fourth-order valence-electron chi connectivity index (χ4n) is 4.27. The molecule has 4 rings (SSSR count). The van der Waals surface area contributed by atoms with Crippen molar-refractivity contribution in [3.63, 3.8) is 0 Å². The molecule has 4 nitrogen and oxygen atoms in total. The maximum Gasteiger partial charge on any atom is 0.310 e. The highest BCUT2D eigenvalue weighted by atomic mass is 35.5. The van der Waals surface area contributed by atoms with Gasteiger partial charge in [0, 0.05) is 12.1 Å². The molecule has 1 saturated heterocycles. The van der Waals surface area contributed by atoms with Gasteiger partial charge in [-0.15, -0.1) is 11.8 Å². The third-order valence-electron chi connectivity index (χ3n) is 5.42. The molecule has 6 heteroatoms. The number of hydrogen-bond donors (Lipinski definition) is 0. The molecule has 2 aliphatic heterocycles. The van der Waals surface area contributed by atoms with Gasteiger partial charge in [0.15, 0.2) is 5.78 Å². The molecule has 0 N–H and O–H groups in total. The molecule has 0 saturated carbocycles. The lowest BCUT2D eigenvalue weighted by atomic mass is 9.72. The molecular weight excluding hydrogens is 382 g/mol. The summed E-state index contributed by atoms with van der Waals surface area (Å²) < 4.78 is 4.93. The Morgan fingerprint density at radius 3 is 2.93 bits per heavy atom. The van der Waals surface area contributed by atoms with E-state index >= 15 is 0 Å². The van der Waals surface area contributed by atoms with E-state index in [2.05, 4.69) is 11.1 Å². The minimum absolute atomic E-state index is 0.0216. The lowest BCUT2D eigenvalue weighted by molar-refractivity contribution is -0.149. The Hall–Kier alpha value is -1.85. The molecule has 0 bridgehead atoms. The van der Waals surface area contributed by atoms with Gasteiger partial charge >= 0.3 is 5.97 Å². The first-order valence-electron chi connectivity index (χ1n) is 9.12. The number of esters is 1. The van der Waals surface area contributed by atoms with Crippen LogP contribution in [-0.2, 0) is 9.53 Å². The lowest BCUT2D eigenvalue weighted by Crippen LogP contribution is -2.45. The molecule has 1 aromatic rings. The van der Waals surface area contributed by atoms with E-state index in [1.54, 1.807) is 31.2 Å². The Balaban J connectivity index is 1.78. The summed E-state index contributed by atoms with van der Waals surface area (Å²) in [6.45, 7) is 2.74. The second kappa shape index (κ2) is 7.28. The Labute approximate surface area is 167 Å². The highest BCUT2D eigenvalue weighted by molar-refractivity contribution is 8.03. The Kier molecular flexibility index (Phi) is 4.99. The number of benzene rings is 1. The van der Waals surface area contributed by atoms with E-state index in [-0.39, 0.29) is 17.7 Å². The van der Waals surface area contributed by atoms with Crippen molar-refractivity contribution in [1.29, 1.82) is 0 Å². The molecule has 27 heavy (non-hydrogen) atoms. The van der Waals surface area contributed by atoms with Crippen LogP contribution in [0.25, 0.3) is 0 Å². The van der Waals surface area contributed by atoms with Crippen molar-refractivity contribution in [2.24, 2.45) is 16.8 Å². The number of hydrogen-bond acceptors (Lipinski definition) is 5. The quantitative estimate of drug-likeness (QED) is 0.562. The van der Waals surface area contributed by atoms with Gasteiger partial charge in [-0.25, -0.2) is 0 Å². The number of nitrogens with zero attached hydrogens (tertiary/aromatic N) is 1. The fourth-order valence-corrected chi connectivity index (χ4v) is 6.45. The second-order valence-electron chi connectivity index (χ2n) is 6.83. The Bertz CT molecular complexity index is 878. The van der Waals surface area contributed by atoms with Gasteiger partial charge in [-0.1, -0.05) is 42.0 Å². The van der Waals surface area contributed by atoms with E-state index < -0.39 is 15.9 Å². The van der Waals surface area contributed by atoms with Crippen LogP contribution in [0.4, 0.5) is 0 Å². The normalized spacial score (nSPS) is 31.0. The highest BCUT2D eigenvalue weighted by Gasteiger charge is 2.61. The van der Waals surface area contributed by atoms with Crippen LogP contribution in [0.5, 0.6) is 0 Å². The van der Waals surface area contributed by atoms with Crippen molar-refractivity contribution in [1.82, 2.24) is 0 Å². The second-order valence-corrected chi connectivity index (χ2v) is 8.66. The van der Waals surface area contributed by atoms with Crippen LogP contribution < -0.4 is 0 Å². The monoisotopic (exact) mass is 401 g/mol. The summed E-state index contributed by atoms with van der Waals surface area (Å²) in [4.78, 5) is 31.0. The van der Waals surface area contributed by atoms with Crippen molar-refractivity contribution in [2.45, 2.75) is 23.3 Å². The maximum absolute atomic E-state index is 13.4. The minimum Gasteiger partial charge on any atom is -0.466 e. The van der Waals surface area contributed by atoms with Gasteiger partial charge in [-0.2, -0.15) is 0 Å². The van der Waals surface area contributed by atoms with Gasteiger partial charge < -0.3 is 4.74 Å². The van der Waals surface area contributed by atoms with Crippen molar-refractivity contribution >= 4 is 40.8 Å². The number of aliphatic imine (C=N–C) groups is 1. The first kappa shape index (κ1) is 18.5. The molecule has 1 aliphatic carbocycles. The number of rotatable bonds is 4. The molecule has 2 heterocycles. The summed E-state index contributed by atoms with van der Waals surface area (Å²) in [5.74, 6) is -0.955. The summed E-state index contributed by atoms with van der Waals surface area (Å²) in [7, 11) is 0. The first-order valence-corrected chi connectivity index (χ1v) is 10.4. The van der Waals surface area contributed by atoms with E-state index in [1.165, 1.54) is 11.8 Å². The van der Waals surface area contributed by atoms with Gasteiger partial charge in [0.1, 0.15) is 0 Å². The number of Topliss-reactive ketones (excluding diaryl/α,β-unsaturated/α-hetero) is 1. The highest BCUT2D eigenvalue weighted by Crippen LogP contribution is 2.57. The molecule has 3 aliphatic rings. The summed E-state index contributed by atoms with van der Waals surface area (Å²) in [6, 6.07) is 7.01. The number of ketones is 1. The largest absolute Gasteiger partial charge is 0.466 e. The first-order chi connectivity index (χ1) is 13.1. The SMILES string of the molecule is CCOC(=O)C1C(C(=O)c2ccccc2Cl)SC23C=CC=CC2=NCCC13. The summed E-state index contributed by atoms with van der Waals surface area (Å²) >= 11 is 7.80. The van der Waals surface area contributed by atoms with Gasteiger partial charge in [-0.05, 0) is 37.5 Å². The van der Waals surface area contributed by atoms with Crippen molar-refractivity contribution < 1.29 is 14.3 Å². The average Bonchev–Trinajstić information content (AvgIpc) is 3.02. The number of halogens is 1. The number of thioether (sulfide) groups is 1. The molecule has 4 atom stereocenters. The molecular formula is C21H20ClNO3S. The van der Waals surface area contributed by atoms with Crippen LogP contribution in [-0.4, -0.2) is 40.6 Å². The van der Waals surface area contributed by atoms with Crippen LogP contribution >= 0.6 is 23.4 Å². The van der Waals surface area contributed by atoms with Crippen LogP contribution in [0.1, 0.15) is 23.7 Å². The number of carbonyl (C=O) groups excluding carboxylic acids is 2. The van der Waals surface area contributed by atoms with Crippen LogP contribution in [0, 0.1) is 11.8 Å². The molecule has 1 aromatic carbocycles. The molecule has 140 valence electrons. The summed E-state index contributed by atoms with van der Waals surface area (Å²) in [5, 5.41) is -0.139. The van der Waals surface area contributed by atoms with Gasteiger partial charge in [0.25, 0.3) is 0 Å². The number of allylic oxidation sites excluding steroid dienone is 3. The third-order valence-corrected chi connectivity index (χ3v) is 7.55. The lowest BCUT2D eigenvalue weighted by Gasteiger charge is -2.37. The number of ether oxygens (including phenoxy) is 1. The molecule has 0 amide bonds. The minimum atomic E-state index is -0.548. The van der Waals surface area contributed by atoms with E-state index in [9.17, 15) is 9.59 Å². The smallest absolute Gasteiger partial charge is 0.310 e. The number of carbonyl (C=O) groups is 2. The van der Waals surface area contributed by atoms with E-state index in [4.69, 9.17) is 16.3 Å². The Morgan fingerprint density at radius 2 is 2.15 bits per heavy atom. The standard InChI is InChI=1S/C21H20ClNO3S/c1-2-26-20(25)17-14-10-12-23-16-9-5-6-11-21(14,16)27-19(17)18(24)13-7-3-4-8-15(13)22/h3-9,11,14,17,19H,2,10,12H2,1H3. The third kappa shape index (κ3) is 2.97. The molecule has 4 unspecified atom stereocenters. The predicted octanol–water partition coefficient (Wildman–Crippen LogP) is 4.14. The fraction of sp³-hybridized carbons (Fsp3) is 0.381. The molecule has 1 fully saturated rings. The molecule has 0 aromatic heterocycles. The summed E-state index contributed by atoms with van der Waals surface area (Å²) in [5.41, 5.74) is 1.39. The topological polar surface area (TPSA) is 55.7 Å². The van der Waals surface area contributed by atoms with Crippen molar-refractivity contribution in [3.8, 4) is 0 Å². The van der Waals surface area contributed by atoms with Crippen LogP contribution in [0.15, 0.2) is 53.6 Å². The zero-order chi connectivity index (χ0) is 19.0. The van der Waals surface area contributed by atoms with Crippen LogP contribution in [0.2, 0.25) is 5.02 Å². The van der Waals surface area contributed by atoms with Crippen molar-refractivity contribution in [2.75, 3.05) is 13.2 Å². The van der Waals surface area contributed by atoms with E-state index in [1.807, 2.05) is 18.2 Å². The predicted molar refractivity (Wildman–Crippen MR) is 109 cm³/mol. The summed E-state index contributed by atoms with van der Waals surface area (Å²) in [6.07, 6.45) is 8.77. The molecule has 0 radical (unpaired) electrons. The van der Waals surface area contributed by atoms with Crippen molar-refractivity contribution in [3.05, 3.63) is 59.2 Å². The van der Waals surface area contributed by atoms with Gasteiger partial charge in [0.05, 0.1) is 33.3 Å². The van der Waals surface area contributed by atoms with E-state index in [0.29, 0.717) is 23.7 Å². The Morgan fingerprint density at radius 1 is 1.33 bits per heavy atom. The zero-order valence-electron chi connectivity index (χ0n) is 14.9. The van der Waals surface area contributed by atoms with E-state index in [0.717, 1.165) is 12.1 Å².